The highest BCUT2D eigenvalue weighted by atomic mass is 31.2. The van der Waals surface area contributed by atoms with Gasteiger partial charge in [0.05, 0.1) is 25.0 Å². The summed E-state index contributed by atoms with van der Waals surface area (Å²) in [6, 6.07) is 12.7. The number of nitrogens with zero attached hydrogens (tertiary/aromatic N) is 4. The van der Waals surface area contributed by atoms with Crippen LogP contribution in [0.1, 0.15) is 58.3 Å². The van der Waals surface area contributed by atoms with Crippen molar-refractivity contribution in [3.8, 4) is 12.3 Å². The van der Waals surface area contributed by atoms with Gasteiger partial charge in [-0.15, -0.1) is 0 Å². The molecule has 3 N–H and O–H groups in total. The molecule has 0 saturated carbocycles. The third-order valence-corrected chi connectivity index (χ3v) is 7.88. The quantitative estimate of drug-likeness (QED) is 0.219. The Hall–Kier alpha value is -3.29. The molecular formula is C27H37N6O5P. The van der Waals surface area contributed by atoms with Crippen LogP contribution in [-0.2, 0) is 18.8 Å². The molecule has 0 aliphatic carbocycles. The minimum atomic E-state index is -1.62. The lowest BCUT2D eigenvalue weighted by molar-refractivity contribution is -0.146. The largest absolute Gasteiger partial charge is 0.464 e. The number of aromatic nitrogens is 3. The van der Waals surface area contributed by atoms with Crippen LogP contribution in [-0.4, -0.2) is 45.9 Å². The molecule has 12 heteroatoms. The van der Waals surface area contributed by atoms with E-state index in [1.54, 1.807) is 11.4 Å². The average Bonchev–Trinajstić information content (AvgIpc) is 3.61. The molecule has 210 valence electrons. The highest BCUT2D eigenvalue weighted by Crippen LogP contribution is 2.39. The van der Waals surface area contributed by atoms with Gasteiger partial charge in [-0.1, -0.05) is 44.9 Å². The van der Waals surface area contributed by atoms with E-state index in [1.165, 1.54) is 6.33 Å². The van der Waals surface area contributed by atoms with Gasteiger partial charge in [0.2, 0.25) is 0 Å². The van der Waals surface area contributed by atoms with Crippen molar-refractivity contribution < 1.29 is 23.3 Å². The maximum atomic E-state index is 12.6. The van der Waals surface area contributed by atoms with Crippen molar-refractivity contribution in [3.05, 3.63) is 54.5 Å². The van der Waals surface area contributed by atoms with Crippen LogP contribution in [0.5, 0.6) is 5.75 Å². The predicted molar refractivity (Wildman–Crippen MR) is 148 cm³/mol. The van der Waals surface area contributed by atoms with Gasteiger partial charge in [-0.3, -0.25) is 4.79 Å². The Morgan fingerprint density at radius 2 is 1.97 bits per heavy atom. The van der Waals surface area contributed by atoms with E-state index >= 15 is 0 Å². The molecule has 11 nitrogen and oxygen atoms in total. The number of carbonyl (C=O) groups is 1. The molecule has 4 unspecified atom stereocenters. The predicted octanol–water partition coefficient (Wildman–Crippen LogP) is 4.95. The maximum Gasteiger partial charge on any atom is 0.323 e. The summed E-state index contributed by atoms with van der Waals surface area (Å²) in [6.45, 7) is 10.2. The minimum Gasteiger partial charge on any atom is -0.464 e. The smallest absolute Gasteiger partial charge is 0.323 e. The Kier molecular flexibility index (Phi) is 11.9. The van der Waals surface area contributed by atoms with E-state index in [0.717, 1.165) is 36.9 Å². The first-order valence-electron chi connectivity index (χ1n) is 13.1. The van der Waals surface area contributed by atoms with Gasteiger partial charge in [-0.25, -0.2) is 19.8 Å². The number of hydrogen-bond donors (Lipinski definition) is 2. The summed E-state index contributed by atoms with van der Waals surface area (Å²) in [5.74, 6) is 1.13. The number of esters is 1. The number of nitrogen functional groups attached to an aromatic ring is 1. The van der Waals surface area contributed by atoms with Gasteiger partial charge in [-0.05, 0) is 49.9 Å². The lowest BCUT2D eigenvalue weighted by Gasteiger charge is -2.23. The second-order valence-corrected chi connectivity index (χ2v) is 10.4. The number of fused-ring (bicyclic) bond motifs is 1. The molecule has 1 fully saturated rings. The first-order valence-corrected chi connectivity index (χ1v) is 14.2. The number of para-hydroxylation sites is 1. The number of ether oxygens (including phenoxy) is 2. The summed E-state index contributed by atoms with van der Waals surface area (Å²) in [4.78, 5) is 16.6. The Labute approximate surface area is 230 Å². The van der Waals surface area contributed by atoms with Crippen LogP contribution in [0.4, 0.5) is 5.82 Å². The standard InChI is InChI=1S/C26H36N5O5P.CHN/c1-4-19(5-2)15-33-26(32)18(3)30-37(36-20-9-7-6-8-10-20)34-16-21-11-14-24(35-21)22-12-13-23-25(27)28-17-29-31(22)23;1-2/h6-10,12-13,17-19,21,24,30H,4-5,11,14-16H2,1-3H3,(H2,27,28,29);1H. The second kappa shape index (κ2) is 15.3. The molecule has 3 heterocycles. The average molecular weight is 557 g/mol. The minimum absolute atomic E-state index is 0.126. The van der Waals surface area contributed by atoms with Crippen LogP contribution >= 0.6 is 8.53 Å². The van der Waals surface area contributed by atoms with Crippen molar-refractivity contribution >= 4 is 25.8 Å². The van der Waals surface area contributed by atoms with Crippen LogP contribution in [0.25, 0.3) is 5.52 Å². The van der Waals surface area contributed by atoms with Crippen molar-refractivity contribution in [1.29, 1.82) is 5.26 Å². The van der Waals surface area contributed by atoms with Crippen LogP contribution in [0.15, 0.2) is 48.8 Å². The monoisotopic (exact) mass is 556 g/mol. The zero-order valence-corrected chi connectivity index (χ0v) is 23.5. The molecular weight excluding hydrogens is 519 g/mol. The number of nitrogens with one attached hydrogen (secondary N) is 1. The molecule has 1 saturated heterocycles. The topological polar surface area (TPSA) is 146 Å². The lowest BCUT2D eigenvalue weighted by atomic mass is 10.1. The first-order chi connectivity index (χ1) is 19.0. The fourth-order valence-corrected chi connectivity index (χ4v) is 5.36. The van der Waals surface area contributed by atoms with Gasteiger partial charge in [-0.2, -0.15) is 5.10 Å². The SMILES string of the molecule is C#N.CCC(CC)COC(=O)C(C)NP(OCC1CCC(c2ccc3c(N)ncnn23)O1)Oc1ccccc1. The summed E-state index contributed by atoms with van der Waals surface area (Å²) < 4.78 is 25.8. The van der Waals surface area contributed by atoms with Gasteiger partial charge >= 0.3 is 14.5 Å². The normalized spacial score (nSPS) is 18.3. The van der Waals surface area contributed by atoms with E-state index in [4.69, 9.17) is 29.5 Å². The van der Waals surface area contributed by atoms with Crippen molar-refractivity contribution in [2.75, 3.05) is 18.9 Å². The molecule has 2 aromatic heterocycles. The number of rotatable bonds is 13. The van der Waals surface area contributed by atoms with Crippen molar-refractivity contribution in [2.45, 2.75) is 64.7 Å². The highest BCUT2D eigenvalue weighted by Gasteiger charge is 2.31. The molecule has 0 spiro atoms. The Morgan fingerprint density at radius 1 is 1.23 bits per heavy atom. The first kappa shape index (κ1) is 30.3. The summed E-state index contributed by atoms with van der Waals surface area (Å²) in [6.07, 6.45) is 4.78. The van der Waals surface area contributed by atoms with Gasteiger partial charge in [0.1, 0.15) is 29.7 Å². The third kappa shape index (κ3) is 8.35. The second-order valence-electron chi connectivity index (χ2n) is 9.15. The van der Waals surface area contributed by atoms with E-state index < -0.39 is 14.6 Å². The van der Waals surface area contributed by atoms with E-state index in [0.29, 0.717) is 30.7 Å². The third-order valence-electron chi connectivity index (χ3n) is 6.53. The maximum absolute atomic E-state index is 12.6. The summed E-state index contributed by atoms with van der Waals surface area (Å²) in [7, 11) is -1.62. The van der Waals surface area contributed by atoms with E-state index in [1.807, 2.05) is 42.5 Å². The molecule has 0 bridgehead atoms. The number of carbonyl (C=O) groups excluding carboxylic acids is 1. The zero-order valence-electron chi connectivity index (χ0n) is 22.6. The van der Waals surface area contributed by atoms with E-state index in [-0.39, 0.29) is 18.2 Å². The van der Waals surface area contributed by atoms with Crippen LogP contribution in [0.3, 0.4) is 0 Å². The Morgan fingerprint density at radius 3 is 2.69 bits per heavy atom. The van der Waals surface area contributed by atoms with E-state index in [9.17, 15) is 4.79 Å². The number of anilines is 1. The van der Waals surface area contributed by atoms with Crippen LogP contribution in [0.2, 0.25) is 0 Å². The van der Waals surface area contributed by atoms with Crippen molar-refractivity contribution in [3.63, 3.8) is 0 Å². The van der Waals surface area contributed by atoms with Gasteiger partial charge in [0.25, 0.3) is 0 Å². The molecule has 1 aliphatic rings. The molecule has 4 rings (SSSR count). The molecule has 3 aromatic rings. The van der Waals surface area contributed by atoms with Crippen molar-refractivity contribution in [1.82, 2.24) is 19.7 Å². The fourth-order valence-electron chi connectivity index (χ4n) is 4.14. The number of nitrogens with two attached hydrogens (primary N) is 1. The van der Waals surface area contributed by atoms with E-state index in [2.05, 4.69) is 35.6 Å². The summed E-state index contributed by atoms with van der Waals surface area (Å²) in [5, 5.41) is 14.0. The lowest BCUT2D eigenvalue weighted by Crippen LogP contribution is -2.34. The number of nitriles is 1. The van der Waals surface area contributed by atoms with Gasteiger partial charge < -0.3 is 24.3 Å². The number of hydrogen-bond acceptors (Lipinski definition) is 10. The number of benzene rings is 1. The molecule has 39 heavy (non-hydrogen) atoms. The van der Waals surface area contributed by atoms with Crippen LogP contribution in [0, 0.1) is 17.8 Å². The Balaban J connectivity index is 0.00000205. The van der Waals surface area contributed by atoms with Crippen LogP contribution < -0.4 is 15.3 Å². The molecule has 0 amide bonds. The zero-order chi connectivity index (χ0) is 28.2. The highest BCUT2D eigenvalue weighted by molar-refractivity contribution is 7.45. The molecule has 1 aliphatic heterocycles. The molecule has 4 atom stereocenters. The summed E-state index contributed by atoms with van der Waals surface area (Å²) >= 11 is 0. The Bertz CT molecular complexity index is 1190. The fraction of sp³-hybridized carbons (Fsp3) is 0.481. The molecule has 1 aromatic carbocycles. The molecule has 0 radical (unpaired) electrons. The van der Waals surface area contributed by atoms with Gasteiger partial charge in [0.15, 0.2) is 5.82 Å². The summed E-state index contributed by atoms with van der Waals surface area (Å²) in [5.41, 5.74) is 7.66. The van der Waals surface area contributed by atoms with Gasteiger partial charge in [0, 0.05) is 6.57 Å². The van der Waals surface area contributed by atoms with Crippen molar-refractivity contribution in [2.24, 2.45) is 5.92 Å².